The van der Waals surface area contributed by atoms with Crippen molar-refractivity contribution < 1.29 is 23.1 Å². The lowest BCUT2D eigenvalue weighted by molar-refractivity contribution is 0.132. The molecule has 3 rings (SSSR count). The highest BCUT2D eigenvalue weighted by atomic mass is 32.2. The van der Waals surface area contributed by atoms with Crippen LogP contribution in [0.1, 0.15) is 41.1 Å². The minimum Gasteiger partial charge on any atom is -0.487 e. The van der Waals surface area contributed by atoms with E-state index in [2.05, 4.69) is 4.98 Å². The highest BCUT2D eigenvalue weighted by Crippen LogP contribution is 2.29. The van der Waals surface area contributed by atoms with Crippen LogP contribution < -0.4 is 4.74 Å². The van der Waals surface area contributed by atoms with Crippen molar-refractivity contribution in [3.8, 4) is 5.75 Å². The van der Waals surface area contributed by atoms with Crippen LogP contribution in [-0.2, 0) is 16.4 Å². The number of likely N-dealkylation sites (tertiary alicyclic amines) is 1. The third-order valence-electron chi connectivity index (χ3n) is 5.31. The Bertz CT molecular complexity index is 971. The topological polar surface area (TPSA) is 96.8 Å². The van der Waals surface area contributed by atoms with Gasteiger partial charge in [0, 0.05) is 25.5 Å². The molecular weight excluding hydrogens is 392 g/mol. The summed E-state index contributed by atoms with van der Waals surface area (Å²) in [5, 5.41) is 9.05. The van der Waals surface area contributed by atoms with Crippen molar-refractivity contribution in [1.82, 2.24) is 9.88 Å². The molecule has 1 aliphatic rings. The summed E-state index contributed by atoms with van der Waals surface area (Å²) >= 11 is 0. The highest BCUT2D eigenvalue weighted by molar-refractivity contribution is 7.90. The molecule has 1 aromatic carbocycles. The zero-order chi connectivity index (χ0) is 21.2. The first kappa shape index (κ1) is 21.1. The van der Waals surface area contributed by atoms with E-state index in [-0.39, 0.29) is 11.5 Å². The Labute approximate surface area is 171 Å². The molecule has 1 fully saturated rings. The molecule has 2 aromatic rings. The number of piperidine rings is 1. The maximum absolute atomic E-state index is 11.8. The van der Waals surface area contributed by atoms with Gasteiger partial charge in [-0.2, -0.15) is 0 Å². The molecule has 2 heterocycles. The largest absolute Gasteiger partial charge is 0.487 e. The van der Waals surface area contributed by atoms with Gasteiger partial charge in [-0.15, -0.1) is 0 Å². The molecule has 0 saturated carbocycles. The van der Waals surface area contributed by atoms with Gasteiger partial charge in [0.05, 0.1) is 10.6 Å². The van der Waals surface area contributed by atoms with Gasteiger partial charge in [0.25, 0.3) is 0 Å². The number of amides is 1. The number of ether oxygens (including phenoxy) is 1. The molecule has 1 N–H and O–H groups in total. The van der Waals surface area contributed by atoms with Gasteiger partial charge in [-0.3, -0.25) is 4.98 Å². The Kier molecular flexibility index (Phi) is 6.12. The zero-order valence-corrected chi connectivity index (χ0v) is 17.7. The summed E-state index contributed by atoms with van der Waals surface area (Å²) in [4.78, 5) is 17.2. The quantitative estimate of drug-likeness (QED) is 0.798. The van der Waals surface area contributed by atoms with E-state index >= 15 is 0 Å². The number of hydrogen-bond donors (Lipinski definition) is 1. The Morgan fingerprint density at radius 2 is 1.83 bits per heavy atom. The summed E-state index contributed by atoms with van der Waals surface area (Å²) in [6.07, 6.45) is 3.78. The molecule has 156 valence electrons. The van der Waals surface area contributed by atoms with Gasteiger partial charge in [0.1, 0.15) is 12.4 Å². The van der Waals surface area contributed by atoms with Crippen LogP contribution in [0.3, 0.4) is 0 Å². The van der Waals surface area contributed by atoms with E-state index in [1.54, 1.807) is 12.1 Å². The first-order chi connectivity index (χ1) is 13.6. The van der Waals surface area contributed by atoms with Crippen molar-refractivity contribution in [1.29, 1.82) is 0 Å². The van der Waals surface area contributed by atoms with Crippen LogP contribution in [0.4, 0.5) is 4.79 Å². The van der Waals surface area contributed by atoms with Crippen molar-refractivity contribution >= 4 is 15.9 Å². The van der Waals surface area contributed by atoms with Crippen LogP contribution in [-0.4, -0.2) is 48.8 Å². The van der Waals surface area contributed by atoms with E-state index in [9.17, 15) is 13.2 Å². The summed E-state index contributed by atoms with van der Waals surface area (Å²) in [6, 6.07) is 7.20. The Morgan fingerprint density at radius 3 is 2.31 bits per heavy atom. The lowest BCUT2D eigenvalue weighted by Crippen LogP contribution is -2.36. The number of rotatable bonds is 5. The number of sulfone groups is 1. The minimum absolute atomic E-state index is 0.288. The first-order valence-corrected chi connectivity index (χ1v) is 11.4. The van der Waals surface area contributed by atoms with Gasteiger partial charge in [0.2, 0.25) is 0 Å². The lowest BCUT2D eigenvalue weighted by Gasteiger charge is -2.30. The average Bonchev–Trinajstić information content (AvgIpc) is 2.67. The number of carbonyl (C=O) groups is 1. The molecule has 0 aliphatic carbocycles. The van der Waals surface area contributed by atoms with Crippen molar-refractivity contribution in [3.05, 3.63) is 52.8 Å². The van der Waals surface area contributed by atoms with Crippen LogP contribution in [0.25, 0.3) is 0 Å². The smallest absolute Gasteiger partial charge is 0.407 e. The molecule has 1 saturated heterocycles. The van der Waals surface area contributed by atoms with Crippen molar-refractivity contribution in [2.75, 3.05) is 19.3 Å². The van der Waals surface area contributed by atoms with Crippen molar-refractivity contribution in [3.63, 3.8) is 0 Å². The number of pyridine rings is 1. The van der Waals surface area contributed by atoms with E-state index in [4.69, 9.17) is 9.84 Å². The molecule has 7 nitrogen and oxygen atoms in total. The molecular formula is C21H26N2O5S. The fourth-order valence-corrected chi connectivity index (χ4v) is 4.45. The van der Waals surface area contributed by atoms with Crippen LogP contribution in [0.5, 0.6) is 5.75 Å². The number of aromatic nitrogens is 1. The van der Waals surface area contributed by atoms with Gasteiger partial charge < -0.3 is 14.7 Å². The second-order valence-corrected chi connectivity index (χ2v) is 9.59. The Morgan fingerprint density at radius 1 is 1.21 bits per heavy atom. The van der Waals surface area contributed by atoms with Gasteiger partial charge in [-0.25, -0.2) is 13.2 Å². The summed E-state index contributed by atoms with van der Waals surface area (Å²) in [5.74, 6) is 0.991. The van der Waals surface area contributed by atoms with E-state index in [1.807, 2.05) is 32.2 Å². The number of nitrogens with zero attached hydrogens (tertiary/aromatic N) is 2. The highest BCUT2D eigenvalue weighted by Gasteiger charge is 2.23. The van der Waals surface area contributed by atoms with Gasteiger partial charge >= 0.3 is 6.09 Å². The molecule has 0 bridgehead atoms. The summed E-state index contributed by atoms with van der Waals surface area (Å²) in [5.41, 5.74) is 3.44. The summed E-state index contributed by atoms with van der Waals surface area (Å²) < 4.78 is 29.4. The maximum atomic E-state index is 11.8. The molecule has 0 radical (unpaired) electrons. The molecule has 0 spiro atoms. The molecule has 0 atom stereocenters. The van der Waals surface area contributed by atoms with Crippen molar-refractivity contribution in [2.24, 2.45) is 0 Å². The van der Waals surface area contributed by atoms with E-state index < -0.39 is 15.9 Å². The fraction of sp³-hybridized carbons (Fsp3) is 0.429. The predicted molar refractivity (Wildman–Crippen MR) is 109 cm³/mol. The van der Waals surface area contributed by atoms with Crippen LogP contribution in [0.2, 0.25) is 0 Å². The van der Waals surface area contributed by atoms with Crippen molar-refractivity contribution in [2.45, 2.75) is 44.1 Å². The normalized spacial score (nSPS) is 15.3. The summed E-state index contributed by atoms with van der Waals surface area (Å²) in [7, 11) is -3.26. The van der Waals surface area contributed by atoms with Gasteiger partial charge in [-0.05, 0) is 67.5 Å². The monoisotopic (exact) mass is 418 g/mol. The average molecular weight is 419 g/mol. The second-order valence-electron chi connectivity index (χ2n) is 7.57. The fourth-order valence-electron chi connectivity index (χ4n) is 3.67. The van der Waals surface area contributed by atoms with Crippen LogP contribution >= 0.6 is 0 Å². The molecule has 0 unspecified atom stereocenters. The Balaban J connectivity index is 1.63. The summed E-state index contributed by atoms with van der Waals surface area (Å²) in [6.45, 7) is 5.05. The second kappa shape index (κ2) is 8.41. The van der Waals surface area contributed by atoms with E-state index in [0.29, 0.717) is 24.8 Å². The molecule has 29 heavy (non-hydrogen) atoms. The third kappa shape index (κ3) is 5.06. The van der Waals surface area contributed by atoms with Crippen LogP contribution in [0, 0.1) is 13.8 Å². The first-order valence-electron chi connectivity index (χ1n) is 9.52. The number of aryl methyl sites for hydroxylation is 2. The lowest BCUT2D eigenvalue weighted by atomic mass is 9.90. The molecule has 8 heteroatoms. The van der Waals surface area contributed by atoms with Crippen LogP contribution in [0.15, 0.2) is 35.4 Å². The minimum atomic E-state index is -3.26. The molecule has 1 aliphatic heterocycles. The predicted octanol–water partition coefficient (Wildman–Crippen LogP) is 3.54. The Hall–Kier alpha value is -2.61. The van der Waals surface area contributed by atoms with Gasteiger partial charge in [0.15, 0.2) is 9.84 Å². The number of carboxylic acid groups (broad SMARTS) is 1. The van der Waals surface area contributed by atoms with E-state index in [1.165, 1.54) is 11.2 Å². The SMILES string of the molecule is Cc1cc(S(C)(=O)=O)cc(C)c1OCc1ccc(C2CCN(C(=O)O)CC2)cn1. The number of hydrogen-bond acceptors (Lipinski definition) is 5. The maximum Gasteiger partial charge on any atom is 0.407 e. The molecule has 1 aromatic heterocycles. The van der Waals surface area contributed by atoms with Gasteiger partial charge in [-0.1, -0.05) is 6.07 Å². The standard InChI is InChI=1S/C21H26N2O5S/c1-14-10-19(29(3,26)27)11-15(2)20(14)28-13-18-5-4-17(12-22-18)16-6-8-23(9-7-16)21(24)25/h4-5,10-12,16H,6-9,13H2,1-3H3,(H,24,25). The molecule has 1 amide bonds. The number of benzene rings is 1. The zero-order valence-electron chi connectivity index (χ0n) is 16.9. The third-order valence-corrected chi connectivity index (χ3v) is 6.40. The van der Waals surface area contributed by atoms with E-state index in [0.717, 1.165) is 35.2 Å².